The van der Waals surface area contributed by atoms with Gasteiger partial charge in [0.05, 0.1) is 15.6 Å². The van der Waals surface area contributed by atoms with Gasteiger partial charge in [0.1, 0.15) is 4.99 Å². The van der Waals surface area contributed by atoms with E-state index in [2.05, 4.69) is 21.2 Å². The first kappa shape index (κ1) is 16.2. The summed E-state index contributed by atoms with van der Waals surface area (Å²) in [6.45, 7) is 2.99. The van der Waals surface area contributed by atoms with Crippen LogP contribution in [0.5, 0.6) is 0 Å². The fourth-order valence-corrected chi connectivity index (χ4v) is 3.48. The third-order valence-corrected chi connectivity index (χ3v) is 4.91. The van der Waals surface area contributed by atoms with Crippen LogP contribution in [0.2, 0.25) is 0 Å². The SMILES string of the molecule is CNC(=O)C1(C)CCN(c2ccc(C(N)=S)c(Br)c2F)C1. The number of halogens is 2. The average molecular weight is 374 g/mol. The fourth-order valence-electron chi connectivity index (χ4n) is 2.63. The van der Waals surface area contributed by atoms with Gasteiger partial charge < -0.3 is 16.0 Å². The van der Waals surface area contributed by atoms with Crippen molar-refractivity contribution in [2.75, 3.05) is 25.0 Å². The smallest absolute Gasteiger partial charge is 0.227 e. The molecule has 2 rings (SSSR count). The van der Waals surface area contributed by atoms with Crippen LogP contribution < -0.4 is 16.0 Å². The third kappa shape index (κ3) is 2.89. The molecule has 1 aromatic rings. The van der Waals surface area contributed by atoms with Gasteiger partial charge in [-0.2, -0.15) is 0 Å². The van der Waals surface area contributed by atoms with Crippen LogP contribution in [0, 0.1) is 11.2 Å². The van der Waals surface area contributed by atoms with E-state index in [0.29, 0.717) is 30.8 Å². The molecule has 3 N–H and O–H groups in total. The first-order valence-corrected chi connectivity index (χ1v) is 7.75. The maximum Gasteiger partial charge on any atom is 0.227 e. The van der Waals surface area contributed by atoms with Gasteiger partial charge in [-0.05, 0) is 41.4 Å². The summed E-state index contributed by atoms with van der Waals surface area (Å²) in [5.41, 5.74) is 5.98. The zero-order valence-electron chi connectivity index (χ0n) is 11.9. The van der Waals surface area contributed by atoms with Crippen LogP contribution in [0.25, 0.3) is 0 Å². The summed E-state index contributed by atoms with van der Waals surface area (Å²) >= 11 is 8.09. The fraction of sp³-hybridized carbons (Fsp3) is 0.429. The predicted molar refractivity (Wildman–Crippen MR) is 89.0 cm³/mol. The number of hydrogen-bond acceptors (Lipinski definition) is 3. The summed E-state index contributed by atoms with van der Waals surface area (Å²) in [5.74, 6) is -0.425. The lowest BCUT2D eigenvalue weighted by atomic mass is 9.89. The van der Waals surface area contributed by atoms with Crippen molar-refractivity contribution in [3.8, 4) is 0 Å². The topological polar surface area (TPSA) is 58.4 Å². The van der Waals surface area contributed by atoms with Gasteiger partial charge in [0.25, 0.3) is 0 Å². The van der Waals surface area contributed by atoms with Crippen molar-refractivity contribution in [1.29, 1.82) is 0 Å². The minimum absolute atomic E-state index is 0.0239. The number of nitrogens with zero attached hydrogens (tertiary/aromatic N) is 1. The molecule has 0 aromatic heterocycles. The number of benzene rings is 1. The molecule has 1 amide bonds. The van der Waals surface area contributed by atoms with Gasteiger partial charge in [-0.15, -0.1) is 0 Å². The number of anilines is 1. The molecule has 21 heavy (non-hydrogen) atoms. The molecule has 1 unspecified atom stereocenters. The van der Waals surface area contributed by atoms with Crippen LogP contribution in [-0.2, 0) is 4.79 Å². The van der Waals surface area contributed by atoms with Crippen molar-refractivity contribution in [1.82, 2.24) is 5.32 Å². The van der Waals surface area contributed by atoms with Crippen LogP contribution in [0.15, 0.2) is 16.6 Å². The van der Waals surface area contributed by atoms with Crippen molar-refractivity contribution < 1.29 is 9.18 Å². The Bertz CT molecular complexity index is 610. The van der Waals surface area contributed by atoms with Crippen LogP contribution in [0.4, 0.5) is 10.1 Å². The molecule has 0 radical (unpaired) electrons. The van der Waals surface area contributed by atoms with Crippen molar-refractivity contribution >= 4 is 44.7 Å². The van der Waals surface area contributed by atoms with Crippen molar-refractivity contribution in [3.63, 3.8) is 0 Å². The van der Waals surface area contributed by atoms with E-state index in [-0.39, 0.29) is 15.4 Å². The number of hydrogen-bond donors (Lipinski definition) is 2. The first-order valence-electron chi connectivity index (χ1n) is 6.55. The van der Waals surface area contributed by atoms with E-state index < -0.39 is 11.2 Å². The molecule has 7 heteroatoms. The molecule has 0 aliphatic carbocycles. The van der Waals surface area contributed by atoms with Crippen LogP contribution in [0.3, 0.4) is 0 Å². The van der Waals surface area contributed by atoms with Crippen molar-refractivity contribution in [2.24, 2.45) is 11.1 Å². The monoisotopic (exact) mass is 373 g/mol. The first-order chi connectivity index (χ1) is 9.80. The van der Waals surface area contributed by atoms with E-state index in [9.17, 15) is 9.18 Å². The van der Waals surface area contributed by atoms with Gasteiger partial charge in [0, 0.05) is 25.7 Å². The number of amides is 1. The molecule has 1 aliphatic rings. The van der Waals surface area contributed by atoms with Gasteiger partial charge in [0.2, 0.25) is 5.91 Å². The maximum absolute atomic E-state index is 14.5. The molecule has 4 nitrogen and oxygen atoms in total. The molecule has 1 atom stereocenters. The minimum atomic E-state index is -0.504. The van der Waals surface area contributed by atoms with Gasteiger partial charge >= 0.3 is 0 Å². The van der Waals surface area contributed by atoms with E-state index in [1.165, 1.54) is 0 Å². The summed E-state index contributed by atoms with van der Waals surface area (Å²) < 4.78 is 14.8. The number of carbonyl (C=O) groups excluding carboxylic acids is 1. The zero-order chi connectivity index (χ0) is 15.8. The molecule has 1 saturated heterocycles. The standard InChI is InChI=1S/C14H17BrFN3OS/c1-14(13(20)18-2)5-6-19(7-14)9-4-3-8(12(17)21)10(15)11(9)16/h3-4H,5-7H2,1-2H3,(H2,17,21)(H,18,20). The average Bonchev–Trinajstić information content (AvgIpc) is 2.84. The van der Waals surface area contributed by atoms with E-state index in [1.807, 2.05) is 11.8 Å². The lowest BCUT2D eigenvalue weighted by Crippen LogP contribution is -2.39. The Labute approximate surface area is 137 Å². The highest BCUT2D eigenvalue weighted by molar-refractivity contribution is 9.10. The largest absolute Gasteiger partial charge is 0.389 e. The van der Waals surface area contributed by atoms with E-state index in [1.54, 1.807) is 19.2 Å². The van der Waals surface area contributed by atoms with E-state index >= 15 is 0 Å². The van der Waals surface area contributed by atoms with Crippen molar-refractivity contribution in [2.45, 2.75) is 13.3 Å². The lowest BCUT2D eigenvalue weighted by Gasteiger charge is -2.24. The number of carbonyl (C=O) groups is 1. The number of nitrogens with two attached hydrogens (primary N) is 1. The molecule has 0 saturated carbocycles. The van der Waals surface area contributed by atoms with E-state index in [4.69, 9.17) is 18.0 Å². The summed E-state index contributed by atoms with van der Waals surface area (Å²) in [6, 6.07) is 3.35. The third-order valence-electron chi connectivity index (χ3n) is 3.92. The summed E-state index contributed by atoms with van der Waals surface area (Å²) in [6.07, 6.45) is 0.681. The minimum Gasteiger partial charge on any atom is -0.389 e. The molecule has 0 spiro atoms. The zero-order valence-corrected chi connectivity index (χ0v) is 14.3. The molecule has 1 heterocycles. The molecule has 1 aromatic carbocycles. The Kier molecular flexibility index (Phi) is 4.53. The number of nitrogens with one attached hydrogen (secondary N) is 1. The summed E-state index contributed by atoms with van der Waals surface area (Å²) in [7, 11) is 1.62. The quantitative estimate of drug-likeness (QED) is 0.797. The Balaban J connectivity index is 2.31. The lowest BCUT2D eigenvalue weighted by molar-refractivity contribution is -0.128. The molecular weight excluding hydrogens is 357 g/mol. The second kappa shape index (κ2) is 5.88. The van der Waals surface area contributed by atoms with Crippen LogP contribution in [0.1, 0.15) is 18.9 Å². The Morgan fingerprint density at radius 3 is 2.81 bits per heavy atom. The highest BCUT2D eigenvalue weighted by Gasteiger charge is 2.40. The highest BCUT2D eigenvalue weighted by Crippen LogP contribution is 2.37. The molecule has 1 aliphatic heterocycles. The Morgan fingerprint density at radius 1 is 1.57 bits per heavy atom. The van der Waals surface area contributed by atoms with Crippen LogP contribution in [-0.4, -0.2) is 31.0 Å². The summed E-state index contributed by atoms with van der Waals surface area (Å²) in [4.78, 5) is 13.9. The number of thiocarbonyl (C=S) groups is 1. The molecule has 114 valence electrons. The van der Waals surface area contributed by atoms with Crippen molar-refractivity contribution in [3.05, 3.63) is 28.0 Å². The second-order valence-electron chi connectivity index (χ2n) is 5.44. The predicted octanol–water partition coefficient (Wildman–Crippen LogP) is 2.18. The second-order valence-corrected chi connectivity index (χ2v) is 6.67. The highest BCUT2D eigenvalue weighted by atomic mass is 79.9. The Morgan fingerprint density at radius 2 is 2.24 bits per heavy atom. The van der Waals surface area contributed by atoms with Gasteiger partial charge in [-0.25, -0.2) is 4.39 Å². The van der Waals surface area contributed by atoms with Crippen LogP contribution >= 0.6 is 28.1 Å². The van der Waals surface area contributed by atoms with E-state index in [0.717, 1.165) is 0 Å². The van der Waals surface area contributed by atoms with Gasteiger partial charge in [-0.3, -0.25) is 4.79 Å². The number of rotatable bonds is 3. The molecular formula is C14H17BrFN3OS. The molecule has 1 fully saturated rings. The Hall–Kier alpha value is -1.21. The normalized spacial score (nSPS) is 21.4. The van der Waals surface area contributed by atoms with Gasteiger partial charge in [-0.1, -0.05) is 12.2 Å². The van der Waals surface area contributed by atoms with Gasteiger partial charge in [0.15, 0.2) is 5.82 Å². The summed E-state index contributed by atoms with van der Waals surface area (Å²) in [5, 5.41) is 2.67. The maximum atomic E-state index is 14.5. The molecule has 0 bridgehead atoms.